The number of amides is 1. The molecule has 1 heterocycles. The molecule has 2 N–H and O–H groups in total. The summed E-state index contributed by atoms with van der Waals surface area (Å²) in [4.78, 5) is 27.9. The summed E-state index contributed by atoms with van der Waals surface area (Å²) in [6.07, 6.45) is 6.22. The van der Waals surface area contributed by atoms with Crippen molar-refractivity contribution >= 4 is 11.7 Å². The van der Waals surface area contributed by atoms with Crippen molar-refractivity contribution in [3.05, 3.63) is 53.7 Å². The predicted octanol–water partition coefficient (Wildman–Crippen LogP) is 3.38. The molecule has 0 saturated heterocycles. The van der Waals surface area contributed by atoms with Gasteiger partial charge in [-0.3, -0.25) is 14.6 Å². The number of aromatic nitrogens is 1. The topological polar surface area (TPSA) is 79.3 Å². The highest BCUT2D eigenvalue weighted by Gasteiger charge is 2.29. The van der Waals surface area contributed by atoms with E-state index < -0.39 is 5.60 Å². The minimum atomic E-state index is -0.768. The van der Waals surface area contributed by atoms with Gasteiger partial charge in [0.15, 0.2) is 5.78 Å². The van der Waals surface area contributed by atoms with Crippen LogP contribution >= 0.6 is 0 Å². The smallest absolute Gasteiger partial charge is 0.251 e. The molecule has 1 aliphatic carbocycles. The van der Waals surface area contributed by atoms with E-state index in [1.165, 1.54) is 6.92 Å². The summed E-state index contributed by atoms with van der Waals surface area (Å²) in [5, 5.41) is 13.3. The zero-order chi connectivity index (χ0) is 18.6. The molecule has 1 aliphatic rings. The number of aliphatic hydroxyl groups is 1. The van der Waals surface area contributed by atoms with Crippen molar-refractivity contribution in [3.8, 4) is 11.3 Å². The third kappa shape index (κ3) is 4.35. The Kier molecular flexibility index (Phi) is 5.47. The Morgan fingerprint density at radius 1 is 1.04 bits per heavy atom. The van der Waals surface area contributed by atoms with Crippen LogP contribution < -0.4 is 5.32 Å². The van der Waals surface area contributed by atoms with Crippen molar-refractivity contribution < 1.29 is 14.7 Å². The van der Waals surface area contributed by atoms with E-state index in [0.29, 0.717) is 17.7 Å². The summed E-state index contributed by atoms with van der Waals surface area (Å²) >= 11 is 0. The van der Waals surface area contributed by atoms with Gasteiger partial charge in [0.25, 0.3) is 5.91 Å². The quantitative estimate of drug-likeness (QED) is 0.809. The molecule has 26 heavy (non-hydrogen) atoms. The molecule has 0 atom stereocenters. The second-order valence-electron chi connectivity index (χ2n) is 7.03. The Balaban J connectivity index is 1.63. The highest BCUT2D eigenvalue weighted by Crippen LogP contribution is 2.27. The predicted molar refractivity (Wildman–Crippen MR) is 100 cm³/mol. The molecule has 0 bridgehead atoms. The average molecular weight is 352 g/mol. The molecule has 2 aromatic rings. The number of benzene rings is 1. The fourth-order valence-corrected chi connectivity index (χ4v) is 3.30. The Morgan fingerprint density at radius 3 is 2.27 bits per heavy atom. The van der Waals surface area contributed by atoms with Crippen LogP contribution in [0.5, 0.6) is 0 Å². The van der Waals surface area contributed by atoms with E-state index >= 15 is 0 Å². The van der Waals surface area contributed by atoms with E-state index in [1.807, 2.05) is 12.1 Å². The second-order valence-corrected chi connectivity index (χ2v) is 7.03. The van der Waals surface area contributed by atoms with Gasteiger partial charge in [-0.2, -0.15) is 0 Å². The zero-order valence-corrected chi connectivity index (χ0v) is 15.0. The van der Waals surface area contributed by atoms with Gasteiger partial charge in [-0.15, -0.1) is 0 Å². The van der Waals surface area contributed by atoms with Gasteiger partial charge in [0.2, 0.25) is 0 Å². The van der Waals surface area contributed by atoms with Crippen molar-refractivity contribution in [3.63, 3.8) is 0 Å². The van der Waals surface area contributed by atoms with Gasteiger partial charge < -0.3 is 10.4 Å². The van der Waals surface area contributed by atoms with E-state index in [1.54, 1.807) is 30.5 Å². The number of hydrogen-bond acceptors (Lipinski definition) is 4. The lowest BCUT2D eigenvalue weighted by molar-refractivity contribution is 0.00525. The molecule has 0 unspecified atom stereocenters. The standard InChI is InChI=1S/C21H24N2O3/c1-15(24)18-9-10-19(22-13-18)16-5-7-17(8-6-16)20(25)23-14-21(26)11-3-2-4-12-21/h5-10,13,26H,2-4,11-12,14H2,1H3,(H,23,25). The van der Waals surface area contributed by atoms with Gasteiger partial charge >= 0.3 is 0 Å². The third-order valence-electron chi connectivity index (χ3n) is 4.98. The Labute approximate surface area is 153 Å². The van der Waals surface area contributed by atoms with Gasteiger partial charge in [-0.05, 0) is 44.0 Å². The molecule has 5 nitrogen and oxygen atoms in total. The molecule has 5 heteroatoms. The van der Waals surface area contributed by atoms with Crippen molar-refractivity contribution in [2.24, 2.45) is 0 Å². The first-order valence-electron chi connectivity index (χ1n) is 9.05. The van der Waals surface area contributed by atoms with E-state index in [9.17, 15) is 14.7 Å². The number of Topliss-reactive ketones (excluding diaryl/α,β-unsaturated/α-hetero) is 1. The van der Waals surface area contributed by atoms with Crippen molar-refractivity contribution in [2.45, 2.75) is 44.6 Å². The first kappa shape index (κ1) is 18.3. The molecule has 1 saturated carbocycles. The van der Waals surface area contributed by atoms with Gasteiger partial charge in [-0.25, -0.2) is 0 Å². The van der Waals surface area contributed by atoms with Gasteiger partial charge in [0.1, 0.15) is 0 Å². The molecule has 1 amide bonds. The monoisotopic (exact) mass is 352 g/mol. The first-order valence-corrected chi connectivity index (χ1v) is 9.05. The molecule has 0 aliphatic heterocycles. The summed E-state index contributed by atoms with van der Waals surface area (Å²) < 4.78 is 0. The lowest BCUT2D eigenvalue weighted by atomic mass is 9.85. The lowest BCUT2D eigenvalue weighted by Gasteiger charge is -2.32. The number of nitrogens with zero attached hydrogens (tertiary/aromatic N) is 1. The van der Waals surface area contributed by atoms with Crippen LogP contribution in [0.15, 0.2) is 42.6 Å². The number of carbonyl (C=O) groups excluding carboxylic acids is 2. The summed E-state index contributed by atoms with van der Waals surface area (Å²) in [7, 11) is 0. The summed E-state index contributed by atoms with van der Waals surface area (Å²) in [5.41, 5.74) is 1.98. The fraction of sp³-hybridized carbons (Fsp3) is 0.381. The molecule has 136 valence electrons. The van der Waals surface area contributed by atoms with Crippen LogP contribution in [0.2, 0.25) is 0 Å². The van der Waals surface area contributed by atoms with Gasteiger partial charge in [-0.1, -0.05) is 31.4 Å². The SMILES string of the molecule is CC(=O)c1ccc(-c2ccc(C(=O)NCC3(O)CCCCC3)cc2)nc1. The summed E-state index contributed by atoms with van der Waals surface area (Å²) in [6.45, 7) is 1.80. The molecular weight excluding hydrogens is 328 g/mol. The van der Waals surface area contributed by atoms with Crippen LogP contribution in [0, 0.1) is 0 Å². The number of pyridine rings is 1. The molecular formula is C21H24N2O3. The maximum atomic E-state index is 12.3. The van der Waals surface area contributed by atoms with E-state index in [2.05, 4.69) is 10.3 Å². The molecule has 1 aromatic heterocycles. The molecule has 1 fully saturated rings. The second kappa shape index (κ2) is 7.79. The van der Waals surface area contributed by atoms with Crippen LogP contribution in [0.4, 0.5) is 0 Å². The van der Waals surface area contributed by atoms with E-state index in [0.717, 1.165) is 43.4 Å². The van der Waals surface area contributed by atoms with Crippen LogP contribution in [-0.4, -0.2) is 33.9 Å². The number of nitrogens with one attached hydrogen (secondary N) is 1. The summed E-state index contributed by atoms with van der Waals surface area (Å²) in [5.74, 6) is -0.203. The highest BCUT2D eigenvalue weighted by atomic mass is 16.3. The van der Waals surface area contributed by atoms with Crippen LogP contribution in [0.25, 0.3) is 11.3 Å². The number of ketones is 1. The maximum absolute atomic E-state index is 12.3. The molecule has 3 rings (SSSR count). The summed E-state index contributed by atoms with van der Waals surface area (Å²) in [6, 6.07) is 10.7. The van der Waals surface area contributed by atoms with Crippen LogP contribution in [-0.2, 0) is 0 Å². The minimum Gasteiger partial charge on any atom is -0.388 e. The number of hydrogen-bond donors (Lipinski definition) is 2. The van der Waals surface area contributed by atoms with E-state index in [-0.39, 0.29) is 11.7 Å². The van der Waals surface area contributed by atoms with Crippen LogP contribution in [0.3, 0.4) is 0 Å². The minimum absolute atomic E-state index is 0.0179. The first-order chi connectivity index (χ1) is 12.5. The van der Waals surface area contributed by atoms with Crippen molar-refractivity contribution in [2.75, 3.05) is 6.54 Å². The molecule has 0 spiro atoms. The lowest BCUT2D eigenvalue weighted by Crippen LogP contribution is -2.44. The Morgan fingerprint density at radius 2 is 1.69 bits per heavy atom. The molecule has 1 aromatic carbocycles. The highest BCUT2D eigenvalue weighted by molar-refractivity contribution is 5.95. The fourth-order valence-electron chi connectivity index (χ4n) is 3.30. The average Bonchev–Trinajstić information content (AvgIpc) is 2.67. The Bertz CT molecular complexity index is 776. The maximum Gasteiger partial charge on any atom is 0.251 e. The number of rotatable bonds is 5. The number of carbonyl (C=O) groups is 2. The van der Waals surface area contributed by atoms with Crippen LogP contribution in [0.1, 0.15) is 59.7 Å². The van der Waals surface area contributed by atoms with Crippen molar-refractivity contribution in [1.82, 2.24) is 10.3 Å². The van der Waals surface area contributed by atoms with E-state index in [4.69, 9.17) is 0 Å². The van der Waals surface area contributed by atoms with Crippen molar-refractivity contribution in [1.29, 1.82) is 0 Å². The third-order valence-corrected chi connectivity index (χ3v) is 4.98. The molecule has 0 radical (unpaired) electrons. The van der Waals surface area contributed by atoms with Gasteiger partial charge in [0, 0.05) is 29.4 Å². The van der Waals surface area contributed by atoms with Gasteiger partial charge in [0.05, 0.1) is 11.3 Å². The Hall–Kier alpha value is -2.53. The zero-order valence-electron chi connectivity index (χ0n) is 15.0. The normalized spacial score (nSPS) is 16.1. The largest absolute Gasteiger partial charge is 0.388 e.